The van der Waals surface area contributed by atoms with Crippen LogP contribution >= 0.6 is 0 Å². The van der Waals surface area contributed by atoms with Crippen LogP contribution in [0.1, 0.15) is 13.3 Å². The molecule has 0 atom stereocenters. The number of Topliss-reactive ketones (excluding diaryl/α,β-unsaturated/α-hetero) is 1. The van der Waals surface area contributed by atoms with Crippen molar-refractivity contribution in [1.29, 1.82) is 0 Å². The Kier molecular flexibility index (Phi) is 3.84. The van der Waals surface area contributed by atoms with Crippen LogP contribution in [0, 0.1) is 0 Å². The van der Waals surface area contributed by atoms with E-state index in [1.54, 1.807) is 10.9 Å². The van der Waals surface area contributed by atoms with Crippen molar-refractivity contribution in [3.8, 4) is 0 Å². The molecule has 0 bridgehead atoms. The minimum atomic E-state index is -0.523. The molecule has 0 saturated carbocycles. The van der Waals surface area contributed by atoms with Crippen molar-refractivity contribution in [3.63, 3.8) is 0 Å². The first kappa shape index (κ1) is 10.4. The van der Waals surface area contributed by atoms with Crippen LogP contribution in [0.25, 0.3) is 0 Å². The van der Waals surface area contributed by atoms with Crippen LogP contribution < -0.4 is 5.32 Å². The number of ketones is 1. The van der Waals surface area contributed by atoms with Gasteiger partial charge in [0.25, 0.3) is 5.91 Å². The van der Waals surface area contributed by atoms with Crippen LogP contribution in [0.4, 0.5) is 0 Å². The Bertz CT molecular complexity index is 306. The van der Waals surface area contributed by atoms with Gasteiger partial charge in [-0.25, -0.2) is 0 Å². The Morgan fingerprint density at radius 3 is 2.86 bits per heavy atom. The lowest BCUT2D eigenvalue weighted by molar-refractivity contribution is -0.136. The quantitative estimate of drug-likeness (QED) is 0.530. The van der Waals surface area contributed by atoms with Gasteiger partial charge >= 0.3 is 0 Å². The number of amides is 1. The van der Waals surface area contributed by atoms with Gasteiger partial charge in [0.2, 0.25) is 5.78 Å². The van der Waals surface area contributed by atoms with Gasteiger partial charge in [-0.3, -0.25) is 14.3 Å². The lowest BCUT2D eigenvalue weighted by Crippen LogP contribution is -2.30. The average molecular weight is 195 g/mol. The number of nitrogens with zero attached hydrogens (tertiary/aromatic N) is 2. The second-order valence-corrected chi connectivity index (χ2v) is 2.93. The van der Waals surface area contributed by atoms with Gasteiger partial charge in [0.15, 0.2) is 0 Å². The molecule has 0 unspecified atom stereocenters. The number of carbonyl (C=O) groups excluding carboxylic acids is 2. The molecule has 1 rings (SSSR count). The van der Waals surface area contributed by atoms with Crippen LogP contribution in [-0.2, 0) is 16.1 Å². The summed E-state index contributed by atoms with van der Waals surface area (Å²) in [6.45, 7) is 2.49. The number of rotatable bonds is 5. The van der Waals surface area contributed by atoms with Crippen molar-refractivity contribution in [2.75, 3.05) is 6.54 Å². The third-order valence-corrected chi connectivity index (χ3v) is 1.73. The first-order valence-corrected chi connectivity index (χ1v) is 4.46. The lowest BCUT2D eigenvalue weighted by atomic mass is 10.4. The van der Waals surface area contributed by atoms with E-state index in [1.165, 1.54) is 6.92 Å². The molecule has 5 heteroatoms. The Hall–Kier alpha value is -1.65. The van der Waals surface area contributed by atoms with E-state index in [9.17, 15) is 9.59 Å². The summed E-state index contributed by atoms with van der Waals surface area (Å²) in [5.41, 5.74) is 0. The Labute approximate surface area is 82.1 Å². The monoisotopic (exact) mass is 195 g/mol. The maximum absolute atomic E-state index is 10.8. The van der Waals surface area contributed by atoms with E-state index in [0.717, 1.165) is 13.0 Å². The lowest BCUT2D eigenvalue weighted by Gasteiger charge is -2.02. The first-order chi connectivity index (χ1) is 6.70. The molecule has 14 heavy (non-hydrogen) atoms. The van der Waals surface area contributed by atoms with Crippen molar-refractivity contribution in [2.24, 2.45) is 0 Å². The van der Waals surface area contributed by atoms with E-state index in [2.05, 4.69) is 10.4 Å². The molecule has 1 aromatic rings. The summed E-state index contributed by atoms with van der Waals surface area (Å²) in [4.78, 5) is 21.4. The predicted octanol–water partition coefficient (Wildman–Crippen LogP) is -0.0216. The molecule has 0 aliphatic rings. The number of hydrogen-bond acceptors (Lipinski definition) is 3. The number of aryl methyl sites for hydroxylation is 1. The zero-order valence-corrected chi connectivity index (χ0v) is 8.06. The van der Waals surface area contributed by atoms with Crippen LogP contribution in [0.5, 0.6) is 0 Å². The van der Waals surface area contributed by atoms with Crippen LogP contribution in [0.3, 0.4) is 0 Å². The van der Waals surface area contributed by atoms with Crippen molar-refractivity contribution in [2.45, 2.75) is 19.9 Å². The zero-order chi connectivity index (χ0) is 10.4. The van der Waals surface area contributed by atoms with E-state index in [1.807, 2.05) is 12.3 Å². The van der Waals surface area contributed by atoms with Crippen molar-refractivity contribution in [1.82, 2.24) is 15.1 Å². The highest BCUT2D eigenvalue weighted by molar-refractivity contribution is 6.35. The molecule has 0 aliphatic heterocycles. The molecule has 1 N–H and O–H groups in total. The van der Waals surface area contributed by atoms with E-state index in [-0.39, 0.29) is 0 Å². The van der Waals surface area contributed by atoms with Crippen molar-refractivity contribution in [3.05, 3.63) is 18.5 Å². The molecule has 0 saturated heterocycles. The van der Waals surface area contributed by atoms with Crippen molar-refractivity contribution >= 4 is 11.7 Å². The molecule has 0 fully saturated rings. The zero-order valence-electron chi connectivity index (χ0n) is 8.06. The summed E-state index contributed by atoms with van der Waals surface area (Å²) < 4.78 is 1.78. The standard InChI is InChI=1S/C9H13N3O2/c1-8(13)9(14)10-4-2-6-12-7-3-5-11-12/h3,5,7H,2,4,6H2,1H3,(H,10,14). The van der Waals surface area contributed by atoms with Gasteiger partial charge in [0, 0.05) is 32.4 Å². The summed E-state index contributed by atoms with van der Waals surface area (Å²) in [5, 5.41) is 6.52. The van der Waals surface area contributed by atoms with E-state index in [4.69, 9.17) is 0 Å². The van der Waals surface area contributed by atoms with E-state index >= 15 is 0 Å². The van der Waals surface area contributed by atoms with Gasteiger partial charge in [-0.1, -0.05) is 0 Å². The van der Waals surface area contributed by atoms with Gasteiger partial charge in [0.05, 0.1) is 0 Å². The fraction of sp³-hybridized carbons (Fsp3) is 0.444. The Balaban J connectivity index is 2.11. The Morgan fingerprint density at radius 2 is 2.29 bits per heavy atom. The molecule has 0 aromatic carbocycles. The first-order valence-electron chi connectivity index (χ1n) is 4.46. The minimum absolute atomic E-state index is 0.455. The minimum Gasteiger partial charge on any atom is -0.349 e. The van der Waals surface area contributed by atoms with Gasteiger partial charge < -0.3 is 5.32 Å². The number of hydrogen-bond donors (Lipinski definition) is 1. The summed E-state index contributed by atoms with van der Waals surface area (Å²) >= 11 is 0. The van der Waals surface area contributed by atoms with Crippen molar-refractivity contribution < 1.29 is 9.59 Å². The SMILES string of the molecule is CC(=O)C(=O)NCCCn1cccn1. The molecular weight excluding hydrogens is 182 g/mol. The molecule has 1 amide bonds. The number of nitrogens with one attached hydrogen (secondary N) is 1. The topological polar surface area (TPSA) is 64.0 Å². The van der Waals surface area contributed by atoms with Gasteiger partial charge in [0.1, 0.15) is 0 Å². The highest BCUT2D eigenvalue weighted by Gasteiger charge is 2.04. The Morgan fingerprint density at radius 1 is 1.50 bits per heavy atom. The van der Waals surface area contributed by atoms with Gasteiger partial charge in [-0.05, 0) is 12.5 Å². The fourth-order valence-corrected chi connectivity index (χ4v) is 1.00. The molecule has 0 radical (unpaired) electrons. The molecule has 0 aliphatic carbocycles. The number of aromatic nitrogens is 2. The molecule has 0 spiro atoms. The van der Waals surface area contributed by atoms with Gasteiger partial charge in [-0.15, -0.1) is 0 Å². The molecule has 76 valence electrons. The predicted molar refractivity (Wildman–Crippen MR) is 50.5 cm³/mol. The third kappa shape index (κ3) is 3.38. The largest absolute Gasteiger partial charge is 0.349 e. The van der Waals surface area contributed by atoms with E-state index < -0.39 is 11.7 Å². The second kappa shape index (κ2) is 5.16. The normalized spacial score (nSPS) is 9.79. The summed E-state index contributed by atoms with van der Waals surface area (Å²) in [6, 6.07) is 1.84. The highest BCUT2D eigenvalue weighted by atomic mass is 16.2. The average Bonchev–Trinajstić information content (AvgIpc) is 2.64. The number of carbonyl (C=O) groups is 2. The molecule has 1 heterocycles. The molecular formula is C9H13N3O2. The van der Waals surface area contributed by atoms with Crippen LogP contribution in [-0.4, -0.2) is 28.0 Å². The third-order valence-electron chi connectivity index (χ3n) is 1.73. The molecule has 1 aromatic heterocycles. The maximum Gasteiger partial charge on any atom is 0.287 e. The fourth-order valence-electron chi connectivity index (χ4n) is 1.00. The van der Waals surface area contributed by atoms with Crippen LogP contribution in [0.15, 0.2) is 18.5 Å². The van der Waals surface area contributed by atoms with E-state index in [0.29, 0.717) is 6.54 Å². The van der Waals surface area contributed by atoms with Crippen LogP contribution in [0.2, 0.25) is 0 Å². The maximum atomic E-state index is 10.8. The summed E-state index contributed by atoms with van der Waals surface area (Å²) in [7, 11) is 0. The summed E-state index contributed by atoms with van der Waals surface area (Å²) in [5.74, 6) is -0.977. The van der Waals surface area contributed by atoms with Gasteiger partial charge in [-0.2, -0.15) is 5.10 Å². The smallest absolute Gasteiger partial charge is 0.287 e. The summed E-state index contributed by atoms with van der Waals surface area (Å²) in [6.07, 6.45) is 4.32. The molecule has 5 nitrogen and oxygen atoms in total. The highest BCUT2D eigenvalue weighted by Crippen LogP contribution is 1.87. The second-order valence-electron chi connectivity index (χ2n) is 2.93.